The van der Waals surface area contributed by atoms with Crippen LogP contribution >= 0.6 is 15.9 Å². The highest BCUT2D eigenvalue weighted by atomic mass is 79.9. The molecule has 0 aromatic heterocycles. The summed E-state index contributed by atoms with van der Waals surface area (Å²) in [6.45, 7) is 1.68. The van der Waals surface area contributed by atoms with Gasteiger partial charge in [0, 0.05) is 16.2 Å². The normalized spacial score (nSPS) is 55.2. The highest BCUT2D eigenvalue weighted by Gasteiger charge is 2.85. The molecular formula is C7H9BrF2. The Labute approximate surface area is 67.1 Å². The second-order valence-corrected chi connectivity index (χ2v) is 4.46. The average Bonchev–Trinajstić information content (AvgIpc) is 1.82. The van der Waals surface area contributed by atoms with E-state index in [1.807, 2.05) is 0 Å². The van der Waals surface area contributed by atoms with Crippen molar-refractivity contribution in [1.82, 2.24) is 0 Å². The first kappa shape index (κ1) is 7.01. The van der Waals surface area contributed by atoms with Crippen LogP contribution in [0.2, 0.25) is 0 Å². The van der Waals surface area contributed by atoms with Crippen molar-refractivity contribution < 1.29 is 8.78 Å². The summed E-state index contributed by atoms with van der Waals surface area (Å²) in [5, 5.41) is 0.461. The molecule has 3 saturated carbocycles. The van der Waals surface area contributed by atoms with Crippen LogP contribution in [-0.2, 0) is 0 Å². The summed E-state index contributed by atoms with van der Waals surface area (Å²) in [4.78, 5) is 0. The lowest BCUT2D eigenvalue weighted by Crippen LogP contribution is -2.78. The Hall–Kier alpha value is 0.340. The Morgan fingerprint density at radius 3 is 2.00 bits per heavy atom. The zero-order valence-corrected chi connectivity index (χ0v) is 7.34. The van der Waals surface area contributed by atoms with Gasteiger partial charge in [0.2, 0.25) is 0 Å². The van der Waals surface area contributed by atoms with E-state index in [2.05, 4.69) is 15.9 Å². The van der Waals surface area contributed by atoms with Gasteiger partial charge >= 0.3 is 0 Å². The molecule has 3 fully saturated rings. The summed E-state index contributed by atoms with van der Waals surface area (Å²) in [6.07, 6.45) is 1.41. The molecule has 3 aliphatic carbocycles. The Balaban J connectivity index is 2.24. The van der Waals surface area contributed by atoms with E-state index < -0.39 is 16.8 Å². The molecule has 10 heavy (non-hydrogen) atoms. The van der Waals surface area contributed by atoms with Crippen LogP contribution in [0.3, 0.4) is 0 Å². The Bertz CT molecular complexity index is 182. The van der Waals surface area contributed by atoms with Gasteiger partial charge in [0.05, 0.1) is 0 Å². The molecule has 3 heteroatoms. The standard InChI is InChI=1S/C7H9BrF2/c1-5-2-6(3-5,4-8)7(5,9)10/h2-4H2,1H3. The number of hydrogen-bond donors (Lipinski definition) is 0. The minimum atomic E-state index is -2.39. The van der Waals surface area contributed by atoms with E-state index in [4.69, 9.17) is 0 Å². The maximum Gasteiger partial charge on any atom is 0.259 e. The average molecular weight is 211 g/mol. The number of halogens is 3. The summed E-state index contributed by atoms with van der Waals surface area (Å²) < 4.78 is 26.0. The smallest absolute Gasteiger partial charge is 0.206 e. The quantitative estimate of drug-likeness (QED) is 0.585. The van der Waals surface area contributed by atoms with Crippen molar-refractivity contribution in [3.8, 4) is 0 Å². The molecule has 0 saturated heterocycles. The molecule has 0 heterocycles. The van der Waals surface area contributed by atoms with Crippen LogP contribution in [0.1, 0.15) is 19.8 Å². The second kappa shape index (κ2) is 1.43. The van der Waals surface area contributed by atoms with Crippen LogP contribution in [0.25, 0.3) is 0 Å². The third-order valence-corrected chi connectivity index (χ3v) is 4.21. The Kier molecular flexibility index (Phi) is 1.00. The summed E-state index contributed by atoms with van der Waals surface area (Å²) in [7, 11) is 0. The summed E-state index contributed by atoms with van der Waals surface area (Å²) >= 11 is 3.14. The van der Waals surface area contributed by atoms with Crippen molar-refractivity contribution in [1.29, 1.82) is 0 Å². The minimum absolute atomic E-state index is 0.461. The highest BCUT2D eigenvalue weighted by molar-refractivity contribution is 9.09. The molecule has 0 amide bonds. The van der Waals surface area contributed by atoms with Crippen molar-refractivity contribution in [2.45, 2.75) is 25.7 Å². The number of hydrogen-bond acceptors (Lipinski definition) is 0. The number of rotatable bonds is 1. The van der Waals surface area contributed by atoms with Crippen LogP contribution in [0, 0.1) is 10.8 Å². The van der Waals surface area contributed by atoms with E-state index in [-0.39, 0.29) is 0 Å². The van der Waals surface area contributed by atoms with Gasteiger partial charge < -0.3 is 0 Å². The van der Waals surface area contributed by atoms with Gasteiger partial charge in [-0.3, -0.25) is 0 Å². The van der Waals surface area contributed by atoms with E-state index in [1.165, 1.54) is 0 Å². The van der Waals surface area contributed by atoms with Crippen molar-refractivity contribution in [2.75, 3.05) is 5.33 Å². The third-order valence-electron chi connectivity index (χ3n) is 3.14. The van der Waals surface area contributed by atoms with Gasteiger partial charge in [-0.15, -0.1) is 0 Å². The van der Waals surface area contributed by atoms with Gasteiger partial charge in [-0.2, -0.15) is 0 Å². The van der Waals surface area contributed by atoms with Crippen LogP contribution in [0.15, 0.2) is 0 Å². The second-order valence-electron chi connectivity index (χ2n) is 3.90. The fourth-order valence-corrected chi connectivity index (χ4v) is 3.24. The Morgan fingerprint density at radius 1 is 1.40 bits per heavy atom. The Morgan fingerprint density at radius 2 is 1.90 bits per heavy atom. The zero-order chi connectivity index (χ0) is 7.62. The molecule has 0 nitrogen and oxygen atoms in total. The van der Waals surface area contributed by atoms with Crippen molar-refractivity contribution in [3.05, 3.63) is 0 Å². The van der Waals surface area contributed by atoms with Crippen LogP contribution in [-0.4, -0.2) is 11.3 Å². The first-order valence-electron chi connectivity index (χ1n) is 3.41. The monoisotopic (exact) mass is 210 g/mol. The molecule has 0 unspecified atom stereocenters. The molecule has 3 aliphatic rings. The van der Waals surface area contributed by atoms with E-state index in [1.54, 1.807) is 6.92 Å². The van der Waals surface area contributed by atoms with E-state index in [0.717, 1.165) is 0 Å². The van der Waals surface area contributed by atoms with Gasteiger partial charge in [-0.25, -0.2) is 8.78 Å². The van der Waals surface area contributed by atoms with Gasteiger partial charge in [0.1, 0.15) is 0 Å². The molecule has 0 spiro atoms. The first-order valence-corrected chi connectivity index (χ1v) is 4.53. The predicted molar refractivity (Wildman–Crippen MR) is 38.5 cm³/mol. The van der Waals surface area contributed by atoms with Crippen LogP contribution < -0.4 is 0 Å². The summed E-state index contributed by atoms with van der Waals surface area (Å²) in [6, 6.07) is 0. The summed E-state index contributed by atoms with van der Waals surface area (Å²) in [5.41, 5.74) is -1.29. The lowest BCUT2D eigenvalue weighted by atomic mass is 9.34. The van der Waals surface area contributed by atoms with Gasteiger partial charge in [-0.05, 0) is 12.8 Å². The van der Waals surface area contributed by atoms with E-state index >= 15 is 0 Å². The maximum atomic E-state index is 13.0. The van der Waals surface area contributed by atoms with E-state index in [0.29, 0.717) is 18.2 Å². The van der Waals surface area contributed by atoms with Crippen LogP contribution in [0.4, 0.5) is 8.78 Å². The molecule has 3 rings (SSSR count). The molecule has 0 radical (unpaired) electrons. The predicted octanol–water partition coefficient (Wildman–Crippen LogP) is 2.82. The number of alkyl halides is 3. The molecule has 58 valence electrons. The topological polar surface area (TPSA) is 0 Å². The first-order chi connectivity index (χ1) is 4.47. The zero-order valence-electron chi connectivity index (χ0n) is 5.76. The molecular weight excluding hydrogens is 202 g/mol. The van der Waals surface area contributed by atoms with Gasteiger partial charge in [-0.1, -0.05) is 22.9 Å². The van der Waals surface area contributed by atoms with Crippen molar-refractivity contribution in [3.63, 3.8) is 0 Å². The SMILES string of the molecule is CC12CC(CBr)(C1)C2(F)F. The lowest BCUT2D eigenvalue weighted by molar-refractivity contribution is -0.395. The maximum absolute atomic E-state index is 13.0. The molecule has 0 aliphatic heterocycles. The fraction of sp³-hybridized carbons (Fsp3) is 1.00. The van der Waals surface area contributed by atoms with Crippen molar-refractivity contribution >= 4 is 15.9 Å². The third kappa shape index (κ3) is 0.404. The summed E-state index contributed by atoms with van der Waals surface area (Å²) in [5.74, 6) is -2.39. The molecule has 0 N–H and O–H groups in total. The minimum Gasteiger partial charge on any atom is -0.206 e. The van der Waals surface area contributed by atoms with Crippen molar-refractivity contribution in [2.24, 2.45) is 10.8 Å². The van der Waals surface area contributed by atoms with Gasteiger partial charge in [0.25, 0.3) is 5.92 Å². The van der Waals surface area contributed by atoms with Crippen LogP contribution in [0.5, 0.6) is 0 Å². The van der Waals surface area contributed by atoms with E-state index in [9.17, 15) is 8.78 Å². The van der Waals surface area contributed by atoms with Gasteiger partial charge in [0.15, 0.2) is 0 Å². The fourth-order valence-electron chi connectivity index (χ4n) is 2.49. The molecule has 0 aromatic rings. The molecule has 2 bridgehead atoms. The lowest BCUT2D eigenvalue weighted by Gasteiger charge is -2.74. The largest absolute Gasteiger partial charge is 0.259 e. The highest BCUT2D eigenvalue weighted by Crippen LogP contribution is 2.81. The molecule has 0 aromatic carbocycles. The molecule has 0 atom stereocenters.